The minimum absolute atomic E-state index is 0.0945. The third-order valence-electron chi connectivity index (χ3n) is 2.16. The van der Waals surface area contributed by atoms with Gasteiger partial charge in [-0.2, -0.15) is 0 Å². The average Bonchev–Trinajstić information content (AvgIpc) is 2.25. The summed E-state index contributed by atoms with van der Waals surface area (Å²) in [6, 6.07) is 5.01. The van der Waals surface area contributed by atoms with Gasteiger partial charge in [0.05, 0.1) is 10.8 Å². The smallest absolute Gasteiger partial charge is 0.258 e. The van der Waals surface area contributed by atoms with Gasteiger partial charge in [-0.25, -0.2) is 0 Å². The SMILES string of the molecule is O=[N+]([O-])c1cccc(CCCCl)c1CCl. The maximum absolute atomic E-state index is 10.7. The van der Waals surface area contributed by atoms with Crippen LogP contribution in [0.25, 0.3) is 0 Å². The highest BCUT2D eigenvalue weighted by molar-refractivity contribution is 6.18. The van der Waals surface area contributed by atoms with Crippen molar-refractivity contribution in [1.82, 2.24) is 0 Å². The molecule has 1 aromatic rings. The molecule has 0 radical (unpaired) electrons. The van der Waals surface area contributed by atoms with Crippen LogP contribution in [0, 0.1) is 10.1 Å². The van der Waals surface area contributed by atoms with Crippen molar-refractivity contribution < 1.29 is 4.92 Å². The molecule has 82 valence electrons. The third-order valence-corrected chi connectivity index (χ3v) is 2.69. The number of hydrogen-bond donors (Lipinski definition) is 0. The number of nitro benzene ring substituents is 1. The fraction of sp³-hybridized carbons (Fsp3) is 0.400. The predicted octanol–water partition coefficient (Wildman–Crippen LogP) is 3.51. The van der Waals surface area contributed by atoms with E-state index >= 15 is 0 Å². The standard InChI is InChI=1S/C10H11Cl2NO2/c11-6-2-4-8-3-1-5-10(13(14)15)9(8)7-12/h1,3,5H,2,4,6-7H2. The summed E-state index contributed by atoms with van der Waals surface area (Å²) in [7, 11) is 0. The molecule has 0 fully saturated rings. The van der Waals surface area contributed by atoms with Crippen LogP contribution in [0.5, 0.6) is 0 Å². The lowest BCUT2D eigenvalue weighted by Gasteiger charge is -2.06. The first-order valence-corrected chi connectivity index (χ1v) is 5.64. The van der Waals surface area contributed by atoms with E-state index in [2.05, 4.69) is 0 Å². The lowest BCUT2D eigenvalue weighted by molar-refractivity contribution is -0.385. The Kier molecular flexibility index (Phi) is 4.85. The summed E-state index contributed by atoms with van der Waals surface area (Å²) in [5.74, 6) is 0.708. The minimum atomic E-state index is -0.401. The summed E-state index contributed by atoms with van der Waals surface area (Å²) in [5, 5.41) is 10.7. The van der Waals surface area contributed by atoms with Crippen LogP contribution in [0.1, 0.15) is 17.5 Å². The van der Waals surface area contributed by atoms with Crippen molar-refractivity contribution in [2.24, 2.45) is 0 Å². The molecular weight excluding hydrogens is 237 g/mol. The van der Waals surface area contributed by atoms with E-state index in [0.717, 1.165) is 18.4 Å². The van der Waals surface area contributed by atoms with Crippen molar-refractivity contribution in [2.75, 3.05) is 5.88 Å². The first-order chi connectivity index (χ1) is 7.20. The number of aryl methyl sites for hydroxylation is 1. The molecule has 5 heteroatoms. The highest BCUT2D eigenvalue weighted by atomic mass is 35.5. The van der Waals surface area contributed by atoms with E-state index < -0.39 is 4.92 Å². The van der Waals surface area contributed by atoms with Gasteiger partial charge in [0.2, 0.25) is 0 Å². The molecule has 0 saturated carbocycles. The van der Waals surface area contributed by atoms with Crippen molar-refractivity contribution >= 4 is 28.9 Å². The van der Waals surface area contributed by atoms with Gasteiger partial charge in [0.25, 0.3) is 5.69 Å². The van der Waals surface area contributed by atoms with Crippen molar-refractivity contribution in [1.29, 1.82) is 0 Å². The highest BCUT2D eigenvalue weighted by Gasteiger charge is 2.15. The van der Waals surface area contributed by atoms with Crippen molar-refractivity contribution in [3.8, 4) is 0 Å². The number of nitro groups is 1. The zero-order valence-electron chi connectivity index (χ0n) is 8.08. The Morgan fingerprint density at radius 3 is 2.60 bits per heavy atom. The zero-order chi connectivity index (χ0) is 11.3. The molecule has 0 aliphatic rings. The highest BCUT2D eigenvalue weighted by Crippen LogP contribution is 2.25. The molecule has 0 aliphatic heterocycles. The van der Waals surface area contributed by atoms with E-state index in [4.69, 9.17) is 23.2 Å². The number of hydrogen-bond acceptors (Lipinski definition) is 2. The van der Waals surface area contributed by atoms with Crippen LogP contribution in [0.2, 0.25) is 0 Å². The molecule has 0 N–H and O–H groups in total. The molecule has 0 atom stereocenters. The largest absolute Gasteiger partial charge is 0.274 e. The summed E-state index contributed by atoms with van der Waals surface area (Å²) in [5.41, 5.74) is 1.62. The number of alkyl halides is 2. The van der Waals surface area contributed by atoms with Gasteiger partial charge in [-0.1, -0.05) is 12.1 Å². The van der Waals surface area contributed by atoms with Crippen LogP contribution in [0.4, 0.5) is 5.69 Å². The van der Waals surface area contributed by atoms with E-state index in [9.17, 15) is 10.1 Å². The monoisotopic (exact) mass is 247 g/mol. The van der Waals surface area contributed by atoms with Crippen LogP contribution in [-0.4, -0.2) is 10.8 Å². The first kappa shape index (κ1) is 12.3. The second-order valence-electron chi connectivity index (χ2n) is 3.10. The van der Waals surface area contributed by atoms with E-state index in [1.165, 1.54) is 6.07 Å². The van der Waals surface area contributed by atoms with Crippen LogP contribution >= 0.6 is 23.2 Å². The van der Waals surface area contributed by atoms with Crippen molar-refractivity contribution in [3.63, 3.8) is 0 Å². The summed E-state index contributed by atoms with van der Waals surface area (Å²) in [6.45, 7) is 0. The van der Waals surface area contributed by atoms with E-state index in [1.807, 2.05) is 6.07 Å². The van der Waals surface area contributed by atoms with Crippen LogP contribution in [0.3, 0.4) is 0 Å². The molecule has 1 aromatic carbocycles. The summed E-state index contributed by atoms with van der Waals surface area (Å²) < 4.78 is 0. The van der Waals surface area contributed by atoms with Crippen molar-refractivity contribution in [2.45, 2.75) is 18.7 Å². The number of halogens is 2. The molecule has 1 rings (SSSR count). The topological polar surface area (TPSA) is 43.1 Å². The van der Waals surface area contributed by atoms with Gasteiger partial charge < -0.3 is 0 Å². The van der Waals surface area contributed by atoms with Crippen LogP contribution < -0.4 is 0 Å². The lowest BCUT2D eigenvalue weighted by atomic mass is 10.0. The molecule has 0 aliphatic carbocycles. The number of benzene rings is 1. The molecule has 0 unspecified atom stereocenters. The first-order valence-electron chi connectivity index (χ1n) is 4.57. The van der Waals surface area contributed by atoms with Gasteiger partial charge in [0.1, 0.15) is 0 Å². The molecular formula is C10H11Cl2NO2. The quantitative estimate of drug-likeness (QED) is 0.454. The molecule has 0 saturated heterocycles. The van der Waals surface area contributed by atoms with Gasteiger partial charge in [0, 0.05) is 17.5 Å². The van der Waals surface area contributed by atoms with Crippen LogP contribution in [0.15, 0.2) is 18.2 Å². The Bertz CT molecular complexity index is 355. The Balaban J connectivity index is 3.04. The molecule has 0 spiro atoms. The second kappa shape index (κ2) is 5.93. The van der Waals surface area contributed by atoms with Crippen LogP contribution in [-0.2, 0) is 12.3 Å². The summed E-state index contributed by atoms with van der Waals surface area (Å²) in [6.07, 6.45) is 1.53. The maximum atomic E-state index is 10.7. The van der Waals surface area contributed by atoms with Gasteiger partial charge >= 0.3 is 0 Å². The second-order valence-corrected chi connectivity index (χ2v) is 3.74. The Hall–Kier alpha value is -0.800. The third kappa shape index (κ3) is 3.08. The number of nitrogens with zero attached hydrogens (tertiary/aromatic N) is 1. The zero-order valence-corrected chi connectivity index (χ0v) is 9.59. The van der Waals surface area contributed by atoms with Gasteiger partial charge in [-0.05, 0) is 18.4 Å². The van der Waals surface area contributed by atoms with E-state index in [1.54, 1.807) is 6.07 Å². The van der Waals surface area contributed by atoms with E-state index in [0.29, 0.717) is 11.4 Å². The molecule has 15 heavy (non-hydrogen) atoms. The fourth-order valence-electron chi connectivity index (χ4n) is 1.44. The Morgan fingerprint density at radius 2 is 2.07 bits per heavy atom. The summed E-state index contributed by atoms with van der Waals surface area (Å²) in [4.78, 5) is 10.3. The fourth-order valence-corrected chi connectivity index (χ4v) is 1.88. The predicted molar refractivity (Wildman–Crippen MR) is 61.7 cm³/mol. The van der Waals surface area contributed by atoms with Gasteiger partial charge in [-0.15, -0.1) is 23.2 Å². The molecule has 0 heterocycles. The Morgan fingerprint density at radius 1 is 1.33 bits per heavy atom. The number of rotatable bonds is 5. The molecule has 0 bridgehead atoms. The van der Waals surface area contributed by atoms with E-state index in [-0.39, 0.29) is 11.6 Å². The van der Waals surface area contributed by atoms with Gasteiger partial charge in [-0.3, -0.25) is 10.1 Å². The normalized spacial score (nSPS) is 10.3. The maximum Gasteiger partial charge on any atom is 0.274 e. The van der Waals surface area contributed by atoms with Gasteiger partial charge in [0.15, 0.2) is 0 Å². The molecule has 0 amide bonds. The Labute approximate surface area is 98.2 Å². The average molecular weight is 248 g/mol. The molecule has 0 aromatic heterocycles. The molecule has 3 nitrogen and oxygen atoms in total. The minimum Gasteiger partial charge on any atom is -0.258 e. The summed E-state index contributed by atoms with van der Waals surface area (Å²) >= 11 is 11.3. The van der Waals surface area contributed by atoms with Crippen molar-refractivity contribution in [3.05, 3.63) is 39.4 Å². The lowest BCUT2D eigenvalue weighted by Crippen LogP contribution is -1.99.